The summed E-state index contributed by atoms with van der Waals surface area (Å²) in [6.45, 7) is 3.99. The summed E-state index contributed by atoms with van der Waals surface area (Å²) in [6.07, 6.45) is 4.64. The Morgan fingerprint density at radius 1 is 1.33 bits per heavy atom. The first-order valence-corrected chi connectivity index (χ1v) is 5.63. The predicted octanol–water partition coefficient (Wildman–Crippen LogP) is 0.112. The van der Waals surface area contributed by atoms with Crippen LogP contribution in [0.3, 0.4) is 0 Å². The van der Waals surface area contributed by atoms with Crippen molar-refractivity contribution in [2.24, 2.45) is 5.41 Å². The lowest BCUT2D eigenvalue weighted by Crippen LogP contribution is -2.45. The number of carbonyl (C=O) groups excluding carboxylic acids is 1. The molecule has 0 radical (unpaired) electrons. The lowest BCUT2D eigenvalue weighted by atomic mass is 10.0. The number of ether oxygens (including phenoxy) is 1. The van der Waals surface area contributed by atoms with Gasteiger partial charge in [-0.3, -0.25) is 4.79 Å². The summed E-state index contributed by atoms with van der Waals surface area (Å²) >= 11 is 0. The van der Waals surface area contributed by atoms with Gasteiger partial charge in [0.1, 0.15) is 0 Å². The molecule has 82 valence electrons. The number of amides is 1. The van der Waals surface area contributed by atoms with Crippen LogP contribution in [0.2, 0.25) is 0 Å². The lowest BCUT2D eigenvalue weighted by molar-refractivity contribution is -0.120. The Morgan fingerprint density at radius 2 is 2.07 bits per heavy atom. The molecule has 0 atom stereocenters. The van der Waals surface area contributed by atoms with Crippen LogP contribution in [0.5, 0.6) is 0 Å². The topological polar surface area (TPSA) is 41.6 Å². The molecule has 3 rings (SSSR count). The van der Waals surface area contributed by atoms with Gasteiger partial charge in [0.05, 0.1) is 18.9 Å². The monoisotopic (exact) mass is 208 g/mol. The normalized spacial score (nSPS) is 28.7. The van der Waals surface area contributed by atoms with Gasteiger partial charge in [-0.1, -0.05) is 0 Å². The number of hydrogen-bond acceptors (Lipinski definition) is 3. The van der Waals surface area contributed by atoms with E-state index in [0.29, 0.717) is 5.41 Å². The minimum absolute atomic E-state index is 0.0921. The Balaban J connectivity index is 1.82. The molecule has 1 spiro atoms. The first kappa shape index (κ1) is 9.21. The van der Waals surface area contributed by atoms with Crippen LogP contribution >= 0.6 is 0 Å². The molecule has 1 amide bonds. The molecule has 0 aromatic rings. The van der Waals surface area contributed by atoms with Gasteiger partial charge >= 0.3 is 0 Å². The van der Waals surface area contributed by atoms with Crippen LogP contribution in [0.4, 0.5) is 0 Å². The number of hydrogen-bond donors (Lipinski definition) is 1. The van der Waals surface area contributed by atoms with Crippen LogP contribution in [0, 0.1) is 5.41 Å². The maximum atomic E-state index is 11.7. The van der Waals surface area contributed by atoms with Crippen LogP contribution in [0.15, 0.2) is 11.8 Å². The molecule has 4 nitrogen and oxygen atoms in total. The molecule has 0 aromatic heterocycles. The predicted molar refractivity (Wildman–Crippen MR) is 55.2 cm³/mol. The molecule has 1 saturated heterocycles. The molecule has 0 unspecified atom stereocenters. The molecule has 0 bridgehead atoms. The van der Waals surface area contributed by atoms with Crippen molar-refractivity contribution < 1.29 is 9.53 Å². The SMILES string of the molecule is O=C1NCC2(C=C1N1CCOCC1)CC2. The maximum Gasteiger partial charge on any atom is 0.267 e. The van der Waals surface area contributed by atoms with Crippen molar-refractivity contribution in [3.05, 3.63) is 11.8 Å². The van der Waals surface area contributed by atoms with Crippen LogP contribution in [0.1, 0.15) is 12.8 Å². The number of carbonyl (C=O) groups is 1. The van der Waals surface area contributed by atoms with E-state index in [1.165, 1.54) is 12.8 Å². The summed E-state index contributed by atoms with van der Waals surface area (Å²) in [5, 5.41) is 2.99. The highest BCUT2D eigenvalue weighted by Gasteiger charge is 2.45. The fraction of sp³-hybridized carbons (Fsp3) is 0.727. The van der Waals surface area contributed by atoms with E-state index in [0.717, 1.165) is 38.5 Å². The first-order chi connectivity index (χ1) is 7.29. The molecule has 2 fully saturated rings. The zero-order valence-corrected chi connectivity index (χ0v) is 8.79. The summed E-state index contributed by atoms with van der Waals surface area (Å²) in [4.78, 5) is 13.9. The molecular formula is C11H16N2O2. The maximum absolute atomic E-state index is 11.7. The molecule has 4 heteroatoms. The van der Waals surface area contributed by atoms with Crippen LogP contribution in [-0.4, -0.2) is 43.7 Å². The highest BCUT2D eigenvalue weighted by Crippen LogP contribution is 2.48. The minimum atomic E-state index is 0.0921. The molecule has 1 N–H and O–H groups in total. The van der Waals surface area contributed by atoms with Gasteiger partial charge in [-0.15, -0.1) is 0 Å². The molecule has 1 aliphatic carbocycles. The first-order valence-electron chi connectivity index (χ1n) is 5.63. The third-order valence-electron chi connectivity index (χ3n) is 3.52. The zero-order valence-electron chi connectivity index (χ0n) is 8.79. The lowest BCUT2D eigenvalue weighted by Gasteiger charge is -2.33. The number of morpholine rings is 1. The quantitative estimate of drug-likeness (QED) is 0.665. The van der Waals surface area contributed by atoms with E-state index in [2.05, 4.69) is 16.3 Å². The van der Waals surface area contributed by atoms with Gasteiger partial charge in [0.15, 0.2) is 0 Å². The van der Waals surface area contributed by atoms with E-state index in [1.807, 2.05) is 0 Å². The molecule has 2 heterocycles. The highest BCUT2D eigenvalue weighted by molar-refractivity contribution is 5.94. The fourth-order valence-electron chi connectivity index (χ4n) is 2.27. The van der Waals surface area contributed by atoms with Crippen LogP contribution < -0.4 is 5.32 Å². The molecule has 2 aliphatic heterocycles. The number of rotatable bonds is 1. The van der Waals surface area contributed by atoms with Gasteiger partial charge in [0, 0.05) is 25.0 Å². The standard InChI is InChI=1S/C11H16N2O2/c14-10-9(13-3-5-15-6-4-13)7-11(1-2-11)8-12-10/h7H,1-6,8H2,(H,12,14). The van der Waals surface area contributed by atoms with E-state index in [1.54, 1.807) is 0 Å². The average molecular weight is 208 g/mol. The number of nitrogens with one attached hydrogen (secondary N) is 1. The van der Waals surface area contributed by atoms with E-state index in [9.17, 15) is 4.79 Å². The van der Waals surface area contributed by atoms with Crippen molar-refractivity contribution in [2.75, 3.05) is 32.8 Å². The smallest absolute Gasteiger partial charge is 0.267 e. The van der Waals surface area contributed by atoms with Gasteiger partial charge in [-0.05, 0) is 18.9 Å². The second-order valence-corrected chi connectivity index (χ2v) is 4.67. The Bertz CT molecular complexity index is 315. The Labute approximate surface area is 89.3 Å². The third-order valence-corrected chi connectivity index (χ3v) is 3.52. The van der Waals surface area contributed by atoms with Gasteiger partial charge in [0.2, 0.25) is 0 Å². The van der Waals surface area contributed by atoms with Crippen molar-refractivity contribution in [1.29, 1.82) is 0 Å². The average Bonchev–Trinajstić information content (AvgIpc) is 3.04. The summed E-state index contributed by atoms with van der Waals surface area (Å²) in [5.74, 6) is 0.0921. The van der Waals surface area contributed by atoms with Crippen molar-refractivity contribution in [3.63, 3.8) is 0 Å². The van der Waals surface area contributed by atoms with Crippen molar-refractivity contribution in [2.45, 2.75) is 12.8 Å². The second-order valence-electron chi connectivity index (χ2n) is 4.67. The summed E-state index contributed by atoms with van der Waals surface area (Å²) < 4.78 is 5.29. The Hall–Kier alpha value is -1.03. The summed E-state index contributed by atoms with van der Waals surface area (Å²) in [5.41, 5.74) is 1.18. The van der Waals surface area contributed by atoms with Gasteiger partial charge in [-0.25, -0.2) is 0 Å². The minimum Gasteiger partial charge on any atom is -0.378 e. The van der Waals surface area contributed by atoms with E-state index >= 15 is 0 Å². The third kappa shape index (κ3) is 1.63. The Morgan fingerprint density at radius 3 is 2.73 bits per heavy atom. The molecule has 3 aliphatic rings. The van der Waals surface area contributed by atoms with Crippen LogP contribution in [-0.2, 0) is 9.53 Å². The molecule has 1 saturated carbocycles. The van der Waals surface area contributed by atoms with Crippen molar-refractivity contribution >= 4 is 5.91 Å². The Kier molecular flexibility index (Phi) is 1.99. The van der Waals surface area contributed by atoms with Crippen molar-refractivity contribution in [1.82, 2.24) is 10.2 Å². The molecule has 15 heavy (non-hydrogen) atoms. The summed E-state index contributed by atoms with van der Waals surface area (Å²) in [6, 6.07) is 0. The summed E-state index contributed by atoms with van der Waals surface area (Å²) in [7, 11) is 0. The molecular weight excluding hydrogens is 192 g/mol. The van der Waals surface area contributed by atoms with E-state index in [-0.39, 0.29) is 5.91 Å². The second kappa shape index (κ2) is 3.23. The van der Waals surface area contributed by atoms with Gasteiger partial charge in [-0.2, -0.15) is 0 Å². The zero-order chi connectivity index (χ0) is 10.3. The van der Waals surface area contributed by atoms with Crippen LogP contribution in [0.25, 0.3) is 0 Å². The largest absolute Gasteiger partial charge is 0.378 e. The molecule has 0 aromatic carbocycles. The number of nitrogens with zero attached hydrogens (tertiary/aromatic N) is 1. The van der Waals surface area contributed by atoms with Gasteiger partial charge < -0.3 is 15.0 Å². The van der Waals surface area contributed by atoms with Crippen molar-refractivity contribution in [3.8, 4) is 0 Å². The fourth-order valence-corrected chi connectivity index (χ4v) is 2.27. The highest BCUT2D eigenvalue weighted by atomic mass is 16.5. The van der Waals surface area contributed by atoms with E-state index in [4.69, 9.17) is 4.74 Å². The van der Waals surface area contributed by atoms with E-state index < -0.39 is 0 Å². The van der Waals surface area contributed by atoms with Gasteiger partial charge in [0.25, 0.3) is 5.91 Å².